The van der Waals surface area contributed by atoms with Crippen molar-refractivity contribution in [2.45, 2.75) is 25.7 Å². The van der Waals surface area contributed by atoms with Crippen LogP contribution in [0.2, 0.25) is 0 Å². The summed E-state index contributed by atoms with van der Waals surface area (Å²) in [5.74, 6) is 1.36. The maximum absolute atomic E-state index is 8.40. The predicted molar refractivity (Wildman–Crippen MR) is 125 cm³/mol. The maximum atomic E-state index is 8.40. The fraction of sp³-hybridized carbons (Fsp3) is 0.280. The van der Waals surface area contributed by atoms with Gasteiger partial charge in [0.05, 0.1) is 5.71 Å². The third kappa shape index (κ3) is 5.30. The molecule has 4 rings (SSSR count). The van der Waals surface area contributed by atoms with Crippen LogP contribution in [0.1, 0.15) is 42.4 Å². The van der Waals surface area contributed by atoms with Crippen molar-refractivity contribution in [1.29, 1.82) is 5.41 Å². The van der Waals surface area contributed by atoms with Crippen LogP contribution in [0.25, 0.3) is 16.8 Å². The molecule has 150 valence electrons. The molecule has 0 bridgehead atoms. The van der Waals surface area contributed by atoms with Crippen LogP contribution in [0.15, 0.2) is 61.3 Å². The number of nitrogens with one attached hydrogen (secondary N) is 2. The number of hydrogen-bond donors (Lipinski definition) is 3. The van der Waals surface area contributed by atoms with Crippen molar-refractivity contribution in [1.82, 2.24) is 10.3 Å². The van der Waals surface area contributed by atoms with E-state index in [2.05, 4.69) is 22.9 Å². The summed E-state index contributed by atoms with van der Waals surface area (Å²) < 4.78 is 0. The molecule has 0 radical (unpaired) electrons. The van der Waals surface area contributed by atoms with Crippen molar-refractivity contribution in [3.8, 4) is 0 Å². The summed E-state index contributed by atoms with van der Waals surface area (Å²) in [7, 11) is 2.04. The van der Waals surface area contributed by atoms with E-state index in [9.17, 15) is 0 Å². The number of hydrogen-bond acceptors (Lipinski definition) is 4. The Morgan fingerprint density at radius 1 is 1.17 bits per heavy atom. The van der Waals surface area contributed by atoms with E-state index in [1.165, 1.54) is 32.2 Å². The highest BCUT2D eigenvalue weighted by molar-refractivity contribution is 6.14. The lowest BCUT2D eigenvalue weighted by Gasteiger charge is -2.09. The zero-order valence-corrected chi connectivity index (χ0v) is 17.1. The molecule has 0 spiro atoms. The zero-order chi connectivity index (χ0) is 20.6. The number of benzene rings is 2. The second kappa shape index (κ2) is 9.99. The van der Waals surface area contributed by atoms with Gasteiger partial charge in [-0.05, 0) is 60.8 Å². The molecule has 1 aliphatic carbocycles. The number of nitrogens with two attached hydrogens (primary N) is 1. The van der Waals surface area contributed by atoms with Crippen LogP contribution >= 0.6 is 0 Å². The van der Waals surface area contributed by atoms with E-state index >= 15 is 0 Å². The number of nitrogens with zero attached hydrogens (tertiary/aromatic N) is 1. The van der Waals surface area contributed by atoms with Gasteiger partial charge in [-0.1, -0.05) is 61.9 Å². The summed E-state index contributed by atoms with van der Waals surface area (Å²) in [6.45, 7) is 4.96. The molecule has 2 aromatic carbocycles. The third-order valence-electron chi connectivity index (χ3n) is 5.45. The summed E-state index contributed by atoms with van der Waals surface area (Å²) in [6.07, 6.45) is 9.20. The third-order valence-corrected chi connectivity index (χ3v) is 5.45. The Labute approximate surface area is 173 Å². The topological polar surface area (TPSA) is 74.8 Å². The molecule has 4 heteroatoms. The molecule has 1 saturated carbocycles. The molecule has 0 saturated heterocycles. The average molecular weight is 387 g/mol. The molecule has 0 atom stereocenters. The molecule has 1 fully saturated rings. The standard InChI is InChI=1S/C18H15N3.C7H15N/c1-2-12-9-16(18(20)21-11-12)17(19)15-8-7-13-5-3-4-6-14(13)10-15;1-8-6-7-4-2-3-5-7/h2-11,19H,1H2,(H2,20,21);7-8H,2-6H2,1H3. The van der Waals surface area contributed by atoms with E-state index in [4.69, 9.17) is 11.1 Å². The molecule has 1 aliphatic rings. The van der Waals surface area contributed by atoms with Crippen LogP contribution < -0.4 is 11.1 Å². The fourth-order valence-corrected chi connectivity index (χ4v) is 3.81. The molecule has 0 unspecified atom stereocenters. The van der Waals surface area contributed by atoms with Gasteiger partial charge in [-0.3, -0.25) is 5.41 Å². The lowest BCUT2D eigenvalue weighted by molar-refractivity contribution is 0.516. The second-order valence-electron chi connectivity index (χ2n) is 7.55. The number of nitrogen functional groups attached to an aromatic ring is 1. The van der Waals surface area contributed by atoms with Gasteiger partial charge in [-0.25, -0.2) is 4.98 Å². The molecule has 3 aromatic rings. The molecule has 1 heterocycles. The zero-order valence-electron chi connectivity index (χ0n) is 17.1. The van der Waals surface area contributed by atoms with Crippen molar-refractivity contribution >= 4 is 28.4 Å². The highest BCUT2D eigenvalue weighted by atomic mass is 14.8. The Morgan fingerprint density at radius 2 is 1.90 bits per heavy atom. The smallest absolute Gasteiger partial charge is 0.132 e. The Bertz CT molecular complexity index is 987. The summed E-state index contributed by atoms with van der Waals surface area (Å²) in [6, 6.07) is 15.9. The highest BCUT2D eigenvalue weighted by Gasteiger charge is 2.13. The van der Waals surface area contributed by atoms with Crippen LogP contribution in [0.4, 0.5) is 5.82 Å². The second-order valence-corrected chi connectivity index (χ2v) is 7.55. The summed E-state index contributed by atoms with van der Waals surface area (Å²) >= 11 is 0. The number of anilines is 1. The Morgan fingerprint density at radius 3 is 2.59 bits per heavy atom. The minimum atomic E-state index is 0.360. The fourth-order valence-electron chi connectivity index (χ4n) is 3.81. The van der Waals surface area contributed by atoms with Crippen molar-refractivity contribution in [2.24, 2.45) is 5.92 Å². The van der Waals surface area contributed by atoms with Gasteiger partial charge in [0.15, 0.2) is 0 Å². The molecular formula is C25H30N4. The number of aromatic nitrogens is 1. The minimum Gasteiger partial charge on any atom is -0.383 e. The van der Waals surface area contributed by atoms with Gasteiger partial charge in [-0.15, -0.1) is 0 Å². The lowest BCUT2D eigenvalue weighted by Crippen LogP contribution is -2.15. The molecule has 0 amide bonds. The van der Waals surface area contributed by atoms with Crippen molar-refractivity contribution < 1.29 is 0 Å². The van der Waals surface area contributed by atoms with Gasteiger partial charge in [-0.2, -0.15) is 0 Å². The Kier molecular flexibility index (Phi) is 7.14. The molecule has 1 aromatic heterocycles. The molecule has 4 nitrogen and oxygen atoms in total. The number of rotatable bonds is 5. The summed E-state index contributed by atoms with van der Waals surface area (Å²) in [5.41, 5.74) is 8.58. The Balaban J connectivity index is 0.000000252. The first kappa shape index (κ1) is 20.7. The summed E-state index contributed by atoms with van der Waals surface area (Å²) in [5, 5.41) is 13.9. The van der Waals surface area contributed by atoms with Crippen LogP contribution in [0.5, 0.6) is 0 Å². The molecular weight excluding hydrogens is 356 g/mol. The normalized spacial score (nSPS) is 13.7. The SMILES string of the molecule is C=Cc1cnc(N)c(C(=N)c2ccc3ccccc3c2)c1.CNCC1CCCC1. The Hall–Kier alpha value is -2.98. The van der Waals surface area contributed by atoms with Crippen LogP contribution in [-0.4, -0.2) is 24.3 Å². The van der Waals surface area contributed by atoms with Gasteiger partial charge in [0.25, 0.3) is 0 Å². The van der Waals surface area contributed by atoms with Gasteiger partial charge in [0.2, 0.25) is 0 Å². The predicted octanol–water partition coefficient (Wildman–Crippen LogP) is 5.27. The van der Waals surface area contributed by atoms with E-state index in [0.29, 0.717) is 17.1 Å². The maximum Gasteiger partial charge on any atom is 0.132 e. The van der Waals surface area contributed by atoms with E-state index in [1.807, 2.05) is 49.5 Å². The van der Waals surface area contributed by atoms with Gasteiger partial charge < -0.3 is 11.1 Å². The first-order valence-corrected chi connectivity index (χ1v) is 10.2. The molecule has 0 aliphatic heterocycles. The molecule has 29 heavy (non-hydrogen) atoms. The minimum absolute atomic E-state index is 0.360. The van der Waals surface area contributed by atoms with Crippen molar-refractivity contribution in [3.05, 3.63) is 78.0 Å². The average Bonchev–Trinajstić information content (AvgIpc) is 3.27. The number of pyridine rings is 1. The van der Waals surface area contributed by atoms with Crippen LogP contribution in [0, 0.1) is 11.3 Å². The van der Waals surface area contributed by atoms with Crippen molar-refractivity contribution in [3.63, 3.8) is 0 Å². The largest absolute Gasteiger partial charge is 0.383 e. The quantitative estimate of drug-likeness (QED) is 0.523. The van der Waals surface area contributed by atoms with Gasteiger partial charge >= 0.3 is 0 Å². The van der Waals surface area contributed by atoms with E-state index in [1.54, 1.807) is 12.3 Å². The van der Waals surface area contributed by atoms with E-state index in [-0.39, 0.29) is 0 Å². The van der Waals surface area contributed by atoms with Gasteiger partial charge in [0, 0.05) is 17.3 Å². The highest BCUT2D eigenvalue weighted by Crippen LogP contribution is 2.23. The number of fused-ring (bicyclic) bond motifs is 1. The monoisotopic (exact) mass is 386 g/mol. The lowest BCUT2D eigenvalue weighted by atomic mass is 9.99. The molecule has 4 N–H and O–H groups in total. The van der Waals surface area contributed by atoms with Crippen molar-refractivity contribution in [2.75, 3.05) is 19.3 Å². The van der Waals surface area contributed by atoms with Crippen LogP contribution in [0.3, 0.4) is 0 Å². The first-order valence-electron chi connectivity index (χ1n) is 10.2. The first-order chi connectivity index (χ1) is 14.1. The van der Waals surface area contributed by atoms with Gasteiger partial charge in [0.1, 0.15) is 5.82 Å². The van der Waals surface area contributed by atoms with E-state index in [0.717, 1.165) is 27.8 Å². The van der Waals surface area contributed by atoms with E-state index < -0.39 is 0 Å². The summed E-state index contributed by atoms with van der Waals surface area (Å²) in [4.78, 5) is 4.12. The van der Waals surface area contributed by atoms with Crippen LogP contribution in [-0.2, 0) is 0 Å².